The molecule has 144 valence electrons. The molecule has 0 unspecified atom stereocenters. The Morgan fingerprint density at radius 2 is 1.92 bits per heavy atom. The van der Waals surface area contributed by atoms with Crippen molar-refractivity contribution in [1.29, 1.82) is 0 Å². The number of nitrogens with zero attached hydrogens (tertiary/aromatic N) is 1. The van der Waals surface area contributed by atoms with E-state index >= 15 is 0 Å². The van der Waals surface area contributed by atoms with E-state index in [1.807, 2.05) is 58.0 Å². The number of ether oxygens (including phenoxy) is 1. The summed E-state index contributed by atoms with van der Waals surface area (Å²) in [5.74, 6) is 1.00. The largest absolute Gasteiger partial charge is 0.443 e. The summed E-state index contributed by atoms with van der Waals surface area (Å²) in [7, 11) is 0. The normalized spacial score (nSPS) is 24.0. The van der Waals surface area contributed by atoms with Gasteiger partial charge in [0.15, 0.2) is 0 Å². The first-order valence-electron chi connectivity index (χ1n) is 9.26. The van der Waals surface area contributed by atoms with Gasteiger partial charge in [-0.3, -0.25) is 4.79 Å². The highest BCUT2D eigenvalue weighted by Crippen LogP contribution is 2.39. The highest BCUT2D eigenvalue weighted by atomic mass is 32.2. The highest BCUT2D eigenvalue weighted by molar-refractivity contribution is 8.01. The Labute approximate surface area is 161 Å². The number of hydrogen-bond donors (Lipinski definition) is 0. The van der Waals surface area contributed by atoms with Gasteiger partial charge in [0.2, 0.25) is 5.91 Å². The van der Waals surface area contributed by atoms with Crippen LogP contribution in [0.3, 0.4) is 0 Å². The Morgan fingerprint density at radius 3 is 2.46 bits per heavy atom. The van der Waals surface area contributed by atoms with E-state index in [0.717, 1.165) is 17.7 Å². The third kappa shape index (κ3) is 5.26. The molecule has 0 N–H and O–H groups in total. The van der Waals surface area contributed by atoms with Gasteiger partial charge >= 0.3 is 6.09 Å². The second kappa shape index (κ2) is 8.03. The maximum absolute atomic E-state index is 13.4. The first kappa shape index (κ1) is 20.8. The average molecular weight is 378 g/mol. The lowest BCUT2D eigenvalue weighted by Crippen LogP contribution is -2.59. The van der Waals surface area contributed by atoms with Crippen LogP contribution in [0.4, 0.5) is 4.79 Å². The molecular weight excluding hydrogens is 346 g/mol. The average Bonchev–Trinajstić information content (AvgIpc) is 2.50. The van der Waals surface area contributed by atoms with Gasteiger partial charge < -0.3 is 4.74 Å². The molecule has 1 aromatic carbocycles. The van der Waals surface area contributed by atoms with E-state index in [1.54, 1.807) is 11.8 Å². The number of imide groups is 1. The van der Waals surface area contributed by atoms with Crippen molar-refractivity contribution in [3.8, 4) is 0 Å². The van der Waals surface area contributed by atoms with Gasteiger partial charge in [0.1, 0.15) is 5.60 Å². The fourth-order valence-corrected chi connectivity index (χ4v) is 4.55. The molecule has 1 saturated heterocycles. The summed E-state index contributed by atoms with van der Waals surface area (Å²) in [5.41, 5.74) is 0.475. The van der Waals surface area contributed by atoms with Crippen molar-refractivity contribution >= 4 is 23.8 Å². The summed E-state index contributed by atoms with van der Waals surface area (Å²) in [6, 6.07) is 9.85. The number of carbonyl (C=O) groups excluding carboxylic acids is 2. The van der Waals surface area contributed by atoms with Crippen LogP contribution < -0.4 is 0 Å². The third-order valence-electron chi connectivity index (χ3n) is 4.35. The lowest BCUT2D eigenvalue weighted by molar-refractivity contribution is -0.135. The number of hydrogen-bond acceptors (Lipinski definition) is 4. The number of amides is 2. The first-order chi connectivity index (χ1) is 12.0. The Kier molecular flexibility index (Phi) is 6.43. The van der Waals surface area contributed by atoms with Crippen molar-refractivity contribution in [3.05, 3.63) is 35.9 Å². The number of rotatable bonds is 4. The van der Waals surface area contributed by atoms with Crippen molar-refractivity contribution in [2.45, 2.75) is 70.8 Å². The first-order valence-corrected chi connectivity index (χ1v) is 10.2. The van der Waals surface area contributed by atoms with E-state index in [-0.39, 0.29) is 11.9 Å². The van der Waals surface area contributed by atoms with E-state index < -0.39 is 16.4 Å². The Morgan fingerprint density at radius 1 is 1.31 bits per heavy atom. The van der Waals surface area contributed by atoms with Gasteiger partial charge in [0, 0.05) is 5.75 Å². The predicted molar refractivity (Wildman–Crippen MR) is 107 cm³/mol. The van der Waals surface area contributed by atoms with Crippen LogP contribution in [0.2, 0.25) is 0 Å². The van der Waals surface area contributed by atoms with Crippen LogP contribution in [0.5, 0.6) is 0 Å². The topological polar surface area (TPSA) is 46.6 Å². The van der Waals surface area contributed by atoms with Gasteiger partial charge in [0.05, 0.1) is 10.8 Å². The SMILES string of the molecule is CC(C)C[C@H]1CS[C@@](C)(Cc2ccccc2)C(=O)N1C(=O)OC(C)(C)C. The van der Waals surface area contributed by atoms with Crippen LogP contribution in [-0.4, -0.2) is 39.0 Å². The molecule has 1 aliphatic rings. The van der Waals surface area contributed by atoms with E-state index in [0.29, 0.717) is 12.3 Å². The molecule has 1 heterocycles. The highest BCUT2D eigenvalue weighted by Gasteiger charge is 2.48. The molecule has 1 aromatic rings. The molecule has 1 fully saturated rings. The van der Waals surface area contributed by atoms with Crippen molar-refractivity contribution in [2.75, 3.05) is 5.75 Å². The molecule has 2 amide bonds. The van der Waals surface area contributed by atoms with Crippen LogP contribution in [0.15, 0.2) is 30.3 Å². The quantitative estimate of drug-likeness (QED) is 0.748. The standard InChI is InChI=1S/C21H31NO3S/c1-15(2)12-17-14-26-21(6,13-16-10-8-7-9-11-16)18(23)22(17)19(24)25-20(3,4)5/h7-11,15,17H,12-14H2,1-6H3/t17-,21-/m0/s1. The van der Waals surface area contributed by atoms with Crippen LogP contribution in [0, 0.1) is 5.92 Å². The molecule has 1 aliphatic heterocycles. The van der Waals surface area contributed by atoms with Gasteiger partial charge in [-0.05, 0) is 52.0 Å². The maximum Gasteiger partial charge on any atom is 0.417 e. The van der Waals surface area contributed by atoms with Gasteiger partial charge in [-0.1, -0.05) is 44.2 Å². The molecule has 4 nitrogen and oxygen atoms in total. The molecule has 5 heteroatoms. The maximum atomic E-state index is 13.4. The van der Waals surface area contributed by atoms with Crippen LogP contribution in [0.1, 0.15) is 53.5 Å². The summed E-state index contributed by atoms with van der Waals surface area (Å²) < 4.78 is 4.90. The number of carbonyl (C=O) groups is 2. The van der Waals surface area contributed by atoms with Crippen LogP contribution in [-0.2, 0) is 16.0 Å². The van der Waals surface area contributed by atoms with Gasteiger partial charge in [-0.25, -0.2) is 9.69 Å². The summed E-state index contributed by atoms with van der Waals surface area (Å²) in [6.45, 7) is 11.6. The van der Waals surface area contributed by atoms with Gasteiger partial charge in [-0.15, -0.1) is 11.8 Å². The molecule has 26 heavy (non-hydrogen) atoms. The molecule has 0 spiro atoms. The summed E-state index contributed by atoms with van der Waals surface area (Å²) in [6.07, 6.45) is 0.873. The lowest BCUT2D eigenvalue weighted by Gasteiger charge is -2.43. The van der Waals surface area contributed by atoms with E-state index in [4.69, 9.17) is 4.74 Å². The van der Waals surface area contributed by atoms with E-state index in [2.05, 4.69) is 13.8 Å². The molecule has 0 saturated carbocycles. The molecular formula is C21H31NO3S. The molecule has 2 atom stereocenters. The zero-order valence-corrected chi connectivity index (χ0v) is 17.6. The second-order valence-corrected chi connectivity index (χ2v) is 10.2. The van der Waals surface area contributed by atoms with Crippen molar-refractivity contribution < 1.29 is 14.3 Å². The zero-order chi connectivity index (χ0) is 19.5. The lowest BCUT2D eigenvalue weighted by atomic mass is 9.96. The zero-order valence-electron chi connectivity index (χ0n) is 16.7. The van der Waals surface area contributed by atoms with Crippen LogP contribution >= 0.6 is 11.8 Å². The van der Waals surface area contributed by atoms with Crippen LogP contribution in [0.25, 0.3) is 0 Å². The van der Waals surface area contributed by atoms with Gasteiger partial charge in [-0.2, -0.15) is 0 Å². The van der Waals surface area contributed by atoms with Crippen molar-refractivity contribution in [3.63, 3.8) is 0 Å². The van der Waals surface area contributed by atoms with E-state index in [9.17, 15) is 9.59 Å². The second-order valence-electron chi connectivity index (χ2n) is 8.64. The fraction of sp³-hybridized carbons (Fsp3) is 0.619. The summed E-state index contributed by atoms with van der Waals surface area (Å²) >= 11 is 1.66. The Bertz CT molecular complexity index is 638. The fourth-order valence-electron chi connectivity index (χ4n) is 3.21. The minimum Gasteiger partial charge on any atom is -0.443 e. The Hall–Kier alpha value is -1.49. The van der Waals surface area contributed by atoms with E-state index in [1.165, 1.54) is 4.90 Å². The van der Waals surface area contributed by atoms with Crippen molar-refractivity contribution in [2.24, 2.45) is 5.92 Å². The summed E-state index contributed by atoms with van der Waals surface area (Å²) in [5, 5.41) is 0. The molecule has 2 rings (SSSR count). The molecule has 0 aliphatic carbocycles. The predicted octanol–water partition coefficient (Wildman–Crippen LogP) is 4.91. The minimum absolute atomic E-state index is 0.119. The monoisotopic (exact) mass is 377 g/mol. The summed E-state index contributed by atoms with van der Waals surface area (Å²) in [4.78, 5) is 27.6. The third-order valence-corrected chi connectivity index (χ3v) is 5.86. The number of benzene rings is 1. The molecule has 0 bridgehead atoms. The Balaban J connectivity index is 2.28. The van der Waals surface area contributed by atoms with Gasteiger partial charge in [0.25, 0.3) is 0 Å². The smallest absolute Gasteiger partial charge is 0.417 e. The number of thioether (sulfide) groups is 1. The van der Waals surface area contributed by atoms with Crippen molar-refractivity contribution in [1.82, 2.24) is 4.90 Å². The molecule has 0 aromatic heterocycles. The molecule has 0 radical (unpaired) electrons. The minimum atomic E-state index is -0.661.